The minimum atomic E-state index is -0.379. The number of esters is 1. The molecule has 0 aromatic heterocycles. The van der Waals surface area contributed by atoms with Gasteiger partial charge in [-0.1, -0.05) is 0 Å². The zero-order valence-corrected chi connectivity index (χ0v) is 14.2. The van der Waals surface area contributed by atoms with Gasteiger partial charge in [0.1, 0.15) is 11.5 Å². The second kappa shape index (κ2) is 10.1. The summed E-state index contributed by atoms with van der Waals surface area (Å²) in [6.45, 7) is 2.42. The van der Waals surface area contributed by atoms with Crippen LogP contribution >= 0.6 is 0 Å². The zero-order valence-electron chi connectivity index (χ0n) is 14.2. The van der Waals surface area contributed by atoms with E-state index in [-0.39, 0.29) is 44.4 Å². The van der Waals surface area contributed by atoms with E-state index in [9.17, 15) is 9.59 Å². The Hall–Kier alpha value is -2.75. The third-order valence-corrected chi connectivity index (χ3v) is 3.27. The molecule has 7 nitrogen and oxygen atoms in total. The van der Waals surface area contributed by atoms with Crippen molar-refractivity contribution in [2.45, 2.75) is 19.8 Å². The number of hydrogen-bond donors (Lipinski definition) is 0. The van der Waals surface area contributed by atoms with E-state index >= 15 is 0 Å². The molecule has 0 aliphatic carbocycles. The highest BCUT2D eigenvalue weighted by Gasteiger charge is 2.19. The molecule has 0 heterocycles. The van der Waals surface area contributed by atoms with Gasteiger partial charge in [0.2, 0.25) is 0 Å². The van der Waals surface area contributed by atoms with Crippen LogP contribution in [-0.4, -0.2) is 50.7 Å². The number of benzene rings is 1. The number of ether oxygens (including phenoxy) is 3. The number of amides is 1. The van der Waals surface area contributed by atoms with Crippen molar-refractivity contribution in [1.82, 2.24) is 4.90 Å². The van der Waals surface area contributed by atoms with E-state index in [1.54, 1.807) is 25.1 Å². The maximum absolute atomic E-state index is 12.7. The number of carbonyl (C=O) groups excluding carboxylic acids is 2. The zero-order chi connectivity index (χ0) is 17.9. The van der Waals surface area contributed by atoms with Crippen molar-refractivity contribution in [3.05, 3.63) is 23.8 Å². The van der Waals surface area contributed by atoms with Gasteiger partial charge in [0.15, 0.2) is 0 Å². The average molecular weight is 334 g/mol. The van der Waals surface area contributed by atoms with Crippen LogP contribution in [0.4, 0.5) is 0 Å². The third kappa shape index (κ3) is 5.80. The average Bonchev–Trinajstić information content (AvgIpc) is 2.61. The van der Waals surface area contributed by atoms with Gasteiger partial charge in [-0.05, 0) is 19.1 Å². The fourth-order valence-corrected chi connectivity index (χ4v) is 2.07. The Morgan fingerprint density at radius 1 is 1.12 bits per heavy atom. The predicted molar refractivity (Wildman–Crippen MR) is 86.9 cm³/mol. The van der Waals surface area contributed by atoms with Crippen molar-refractivity contribution in [2.24, 2.45) is 0 Å². The lowest BCUT2D eigenvalue weighted by atomic mass is 10.1. The Morgan fingerprint density at radius 2 is 1.75 bits per heavy atom. The molecule has 0 fully saturated rings. The highest BCUT2D eigenvalue weighted by atomic mass is 16.5. The first-order valence-electron chi connectivity index (χ1n) is 7.60. The molecule has 0 aliphatic heterocycles. The molecule has 0 N–H and O–H groups in total. The summed E-state index contributed by atoms with van der Waals surface area (Å²) in [5, 5.41) is 8.77. The fraction of sp³-hybridized carbons (Fsp3) is 0.471. The summed E-state index contributed by atoms with van der Waals surface area (Å²) < 4.78 is 15.2. The summed E-state index contributed by atoms with van der Waals surface area (Å²) in [5.41, 5.74) is 0.369. The van der Waals surface area contributed by atoms with E-state index in [0.29, 0.717) is 17.1 Å². The molecule has 0 bridgehead atoms. The normalized spacial score (nSPS) is 9.75. The van der Waals surface area contributed by atoms with Crippen molar-refractivity contribution >= 4 is 11.9 Å². The SMILES string of the molecule is CCOC(=O)CCN(CCC#N)C(=O)c1cc(OC)cc(OC)c1. The topological polar surface area (TPSA) is 88.9 Å². The highest BCUT2D eigenvalue weighted by Crippen LogP contribution is 2.23. The maximum atomic E-state index is 12.7. The molecule has 0 saturated heterocycles. The Balaban J connectivity index is 2.94. The lowest BCUT2D eigenvalue weighted by Crippen LogP contribution is -2.34. The lowest BCUT2D eigenvalue weighted by Gasteiger charge is -2.22. The highest BCUT2D eigenvalue weighted by molar-refractivity contribution is 5.95. The number of hydrogen-bond acceptors (Lipinski definition) is 6. The van der Waals surface area contributed by atoms with Crippen LogP contribution in [0.2, 0.25) is 0 Å². The van der Waals surface area contributed by atoms with Crippen LogP contribution in [0.15, 0.2) is 18.2 Å². The first-order chi connectivity index (χ1) is 11.5. The molecule has 1 aromatic rings. The van der Waals surface area contributed by atoms with Crippen LogP contribution in [-0.2, 0) is 9.53 Å². The van der Waals surface area contributed by atoms with Crippen molar-refractivity contribution in [1.29, 1.82) is 5.26 Å². The maximum Gasteiger partial charge on any atom is 0.307 e. The first-order valence-corrected chi connectivity index (χ1v) is 7.60. The number of carbonyl (C=O) groups is 2. The van der Waals surface area contributed by atoms with Gasteiger partial charge in [0.05, 0.1) is 39.7 Å². The molecule has 130 valence electrons. The van der Waals surface area contributed by atoms with Crippen molar-refractivity contribution in [2.75, 3.05) is 33.9 Å². The second-order valence-electron chi connectivity index (χ2n) is 4.86. The van der Waals surface area contributed by atoms with Crippen molar-refractivity contribution in [3.63, 3.8) is 0 Å². The van der Waals surface area contributed by atoms with E-state index in [1.165, 1.54) is 19.1 Å². The first kappa shape index (κ1) is 19.3. The second-order valence-corrected chi connectivity index (χ2v) is 4.86. The van der Waals surface area contributed by atoms with Gasteiger partial charge in [-0.3, -0.25) is 9.59 Å². The quantitative estimate of drug-likeness (QED) is 0.642. The third-order valence-electron chi connectivity index (χ3n) is 3.27. The van der Waals surface area contributed by atoms with Gasteiger partial charge in [-0.15, -0.1) is 0 Å². The number of rotatable bonds is 9. The molecule has 0 radical (unpaired) electrons. The molecule has 24 heavy (non-hydrogen) atoms. The smallest absolute Gasteiger partial charge is 0.307 e. The lowest BCUT2D eigenvalue weighted by molar-refractivity contribution is -0.143. The largest absolute Gasteiger partial charge is 0.497 e. The van der Waals surface area contributed by atoms with E-state index < -0.39 is 0 Å². The van der Waals surface area contributed by atoms with Gasteiger partial charge < -0.3 is 19.1 Å². The van der Waals surface area contributed by atoms with Crippen molar-refractivity contribution < 1.29 is 23.8 Å². The Bertz CT molecular complexity index is 587. The Morgan fingerprint density at radius 3 is 2.25 bits per heavy atom. The molecule has 0 aliphatic rings. The van der Waals surface area contributed by atoms with Gasteiger partial charge in [-0.2, -0.15) is 5.26 Å². The molecule has 0 saturated carbocycles. The number of nitrogens with zero attached hydrogens (tertiary/aromatic N) is 2. The van der Waals surface area contributed by atoms with E-state index in [1.807, 2.05) is 6.07 Å². The van der Waals surface area contributed by atoms with E-state index in [4.69, 9.17) is 19.5 Å². The summed E-state index contributed by atoms with van der Waals surface area (Å²) in [7, 11) is 2.99. The van der Waals surface area contributed by atoms with Crippen LogP contribution in [0, 0.1) is 11.3 Å². The molecular weight excluding hydrogens is 312 g/mol. The molecule has 7 heteroatoms. The van der Waals surface area contributed by atoms with Crippen LogP contribution < -0.4 is 9.47 Å². The van der Waals surface area contributed by atoms with Crippen LogP contribution in [0.3, 0.4) is 0 Å². The summed E-state index contributed by atoms with van der Waals surface area (Å²) in [6, 6.07) is 6.85. The van der Waals surface area contributed by atoms with Crippen LogP contribution in [0.1, 0.15) is 30.1 Å². The Kier molecular flexibility index (Phi) is 8.13. The minimum absolute atomic E-state index is 0.0755. The molecule has 0 spiro atoms. The summed E-state index contributed by atoms with van der Waals surface area (Å²) in [5.74, 6) is 0.300. The molecule has 1 rings (SSSR count). The van der Waals surface area contributed by atoms with Gasteiger partial charge >= 0.3 is 5.97 Å². The van der Waals surface area contributed by atoms with E-state index in [2.05, 4.69) is 0 Å². The standard InChI is InChI=1S/C17H22N2O5/c1-4-24-16(20)6-9-19(8-5-7-18)17(21)13-10-14(22-2)12-15(11-13)23-3/h10-12H,4-6,8-9H2,1-3H3. The van der Waals surface area contributed by atoms with Crippen LogP contribution in [0.25, 0.3) is 0 Å². The van der Waals surface area contributed by atoms with Crippen LogP contribution in [0.5, 0.6) is 11.5 Å². The van der Waals surface area contributed by atoms with Gasteiger partial charge in [-0.25, -0.2) is 0 Å². The molecule has 1 aromatic carbocycles. The number of methoxy groups -OCH3 is 2. The molecular formula is C17H22N2O5. The van der Waals surface area contributed by atoms with Gasteiger partial charge in [0, 0.05) is 24.7 Å². The van der Waals surface area contributed by atoms with Gasteiger partial charge in [0.25, 0.3) is 5.91 Å². The predicted octanol–water partition coefficient (Wildman–Crippen LogP) is 2.01. The Labute approximate surface area is 141 Å². The molecule has 0 unspecified atom stereocenters. The summed E-state index contributed by atoms with van der Waals surface area (Å²) in [4.78, 5) is 25.7. The molecule has 0 atom stereocenters. The summed E-state index contributed by atoms with van der Waals surface area (Å²) in [6.07, 6.45) is 0.252. The van der Waals surface area contributed by atoms with E-state index in [0.717, 1.165) is 0 Å². The fourth-order valence-electron chi connectivity index (χ4n) is 2.07. The van der Waals surface area contributed by atoms with Crippen molar-refractivity contribution in [3.8, 4) is 17.6 Å². The summed E-state index contributed by atoms with van der Waals surface area (Å²) >= 11 is 0. The number of nitriles is 1. The molecule has 1 amide bonds. The minimum Gasteiger partial charge on any atom is -0.497 e. The monoisotopic (exact) mass is 334 g/mol.